The predicted molar refractivity (Wildman–Crippen MR) is 90.8 cm³/mol. The molecule has 2 N–H and O–H groups in total. The first kappa shape index (κ1) is 19.5. The van der Waals surface area contributed by atoms with Gasteiger partial charge in [-0.1, -0.05) is 31.9 Å². The fourth-order valence-electron chi connectivity index (χ4n) is 2.64. The Hall–Kier alpha value is -2.84. The summed E-state index contributed by atoms with van der Waals surface area (Å²) in [5.41, 5.74) is 0.584. The second kappa shape index (κ2) is 9.02. The van der Waals surface area contributed by atoms with Gasteiger partial charge in [-0.3, -0.25) is 4.79 Å². The molecule has 1 unspecified atom stereocenters. The molecule has 140 valence electrons. The van der Waals surface area contributed by atoms with Crippen molar-refractivity contribution in [2.24, 2.45) is 0 Å². The van der Waals surface area contributed by atoms with Gasteiger partial charge in [0.15, 0.2) is 0 Å². The first-order valence-corrected chi connectivity index (χ1v) is 8.44. The minimum atomic E-state index is -1.09. The van der Waals surface area contributed by atoms with Gasteiger partial charge in [-0.25, -0.2) is 13.9 Å². The van der Waals surface area contributed by atoms with E-state index in [2.05, 4.69) is 20.8 Å². The van der Waals surface area contributed by atoms with Crippen molar-refractivity contribution in [3.63, 3.8) is 0 Å². The molecule has 9 heteroatoms. The number of nitrogens with one attached hydrogen (secondary N) is 1. The maximum atomic E-state index is 13.5. The molecular formula is C17H22FN5O3. The van der Waals surface area contributed by atoms with Gasteiger partial charge < -0.3 is 10.4 Å². The zero-order valence-corrected chi connectivity index (χ0v) is 14.7. The Labute approximate surface area is 150 Å². The van der Waals surface area contributed by atoms with Crippen molar-refractivity contribution in [3.05, 3.63) is 41.5 Å². The number of hydrogen-bond donors (Lipinski definition) is 2. The van der Waals surface area contributed by atoms with Crippen LogP contribution in [0.25, 0.3) is 0 Å². The third kappa shape index (κ3) is 5.08. The Bertz CT molecular complexity index is 764. The maximum Gasteiger partial charge on any atom is 0.326 e. The first-order valence-electron chi connectivity index (χ1n) is 8.44. The van der Waals surface area contributed by atoms with Gasteiger partial charge in [-0.2, -0.15) is 0 Å². The van der Waals surface area contributed by atoms with E-state index >= 15 is 0 Å². The highest BCUT2D eigenvalue weighted by molar-refractivity contribution is 5.86. The number of halogens is 1. The molecule has 26 heavy (non-hydrogen) atoms. The standard InChI is InChI=1S/C17H22FN5O3/c1-3-4-8-14(17(25)26)19-16(24)15(23-11(2)20-21-22-23)10-12-6-5-7-13(18)9-12/h5-7,9,14-15H,3-4,8,10H2,1-2H3,(H,19,24)(H,25,26)/t14-,15?/m0/s1. The number of carbonyl (C=O) groups is 2. The van der Waals surface area contributed by atoms with E-state index in [1.165, 1.54) is 16.8 Å². The molecule has 0 spiro atoms. The molecule has 1 amide bonds. The molecule has 2 atom stereocenters. The van der Waals surface area contributed by atoms with Crippen LogP contribution in [0, 0.1) is 12.7 Å². The number of carboxylic acids is 1. The number of unbranched alkanes of at least 4 members (excludes halogenated alkanes) is 1. The smallest absolute Gasteiger partial charge is 0.326 e. The molecule has 0 fully saturated rings. The molecule has 1 heterocycles. The number of aromatic nitrogens is 4. The Morgan fingerprint density at radius 3 is 2.73 bits per heavy atom. The highest BCUT2D eigenvalue weighted by atomic mass is 19.1. The van der Waals surface area contributed by atoms with Crippen molar-refractivity contribution in [2.45, 2.75) is 51.6 Å². The van der Waals surface area contributed by atoms with Crippen molar-refractivity contribution in [3.8, 4) is 0 Å². The topological polar surface area (TPSA) is 110 Å². The van der Waals surface area contributed by atoms with Gasteiger partial charge in [-0.05, 0) is 41.5 Å². The quantitative estimate of drug-likeness (QED) is 0.701. The van der Waals surface area contributed by atoms with Crippen LogP contribution in [0.15, 0.2) is 24.3 Å². The predicted octanol–water partition coefficient (Wildman–Crippen LogP) is 1.66. The fourth-order valence-corrected chi connectivity index (χ4v) is 2.64. The summed E-state index contributed by atoms with van der Waals surface area (Å²) >= 11 is 0. The van der Waals surface area contributed by atoms with Crippen molar-refractivity contribution in [1.82, 2.24) is 25.5 Å². The lowest BCUT2D eigenvalue weighted by molar-refractivity contribution is -0.142. The minimum Gasteiger partial charge on any atom is -0.480 e. The third-order valence-electron chi connectivity index (χ3n) is 4.03. The van der Waals surface area contributed by atoms with Crippen LogP contribution < -0.4 is 5.32 Å². The molecular weight excluding hydrogens is 341 g/mol. The zero-order chi connectivity index (χ0) is 19.1. The largest absolute Gasteiger partial charge is 0.480 e. The Kier molecular flexibility index (Phi) is 6.76. The van der Waals surface area contributed by atoms with Crippen molar-refractivity contribution < 1.29 is 19.1 Å². The Morgan fingerprint density at radius 1 is 1.38 bits per heavy atom. The minimum absolute atomic E-state index is 0.135. The van der Waals surface area contributed by atoms with Crippen LogP contribution in [0.4, 0.5) is 4.39 Å². The number of rotatable bonds is 9. The van der Waals surface area contributed by atoms with E-state index in [4.69, 9.17) is 0 Å². The molecule has 2 aromatic rings. The highest BCUT2D eigenvalue weighted by Crippen LogP contribution is 2.17. The summed E-state index contributed by atoms with van der Waals surface area (Å²) in [6, 6.07) is 4.00. The third-order valence-corrected chi connectivity index (χ3v) is 4.03. The van der Waals surface area contributed by atoms with Crippen molar-refractivity contribution >= 4 is 11.9 Å². The normalized spacial score (nSPS) is 13.2. The van der Waals surface area contributed by atoms with E-state index < -0.39 is 29.8 Å². The van der Waals surface area contributed by atoms with Gasteiger partial charge in [0.2, 0.25) is 5.91 Å². The fraction of sp³-hybridized carbons (Fsp3) is 0.471. The molecule has 0 aliphatic carbocycles. The first-order chi connectivity index (χ1) is 12.4. The number of tetrazole rings is 1. The number of carbonyl (C=O) groups excluding carboxylic acids is 1. The molecule has 2 rings (SSSR count). The summed E-state index contributed by atoms with van der Waals surface area (Å²) in [7, 11) is 0. The summed E-state index contributed by atoms with van der Waals surface area (Å²) in [6.07, 6.45) is 1.96. The number of hydrogen-bond acceptors (Lipinski definition) is 5. The van der Waals surface area contributed by atoms with E-state index in [9.17, 15) is 19.1 Å². The summed E-state index contributed by atoms with van der Waals surface area (Å²) in [5, 5.41) is 23.0. The summed E-state index contributed by atoms with van der Waals surface area (Å²) in [5.74, 6) is -1.62. The number of nitrogens with zero attached hydrogens (tertiary/aromatic N) is 4. The second-order valence-electron chi connectivity index (χ2n) is 6.06. The molecule has 0 radical (unpaired) electrons. The number of carboxylic acid groups (broad SMARTS) is 1. The lowest BCUT2D eigenvalue weighted by Crippen LogP contribution is -2.45. The number of amides is 1. The van der Waals surface area contributed by atoms with Gasteiger partial charge in [-0.15, -0.1) is 5.10 Å². The monoisotopic (exact) mass is 363 g/mol. The van der Waals surface area contributed by atoms with E-state index in [0.717, 1.165) is 6.42 Å². The van der Waals surface area contributed by atoms with Crippen molar-refractivity contribution in [1.29, 1.82) is 0 Å². The average molecular weight is 363 g/mol. The van der Waals surface area contributed by atoms with Crippen LogP contribution in [0.2, 0.25) is 0 Å². The molecule has 0 saturated carbocycles. The summed E-state index contributed by atoms with van der Waals surface area (Å²) < 4.78 is 14.8. The van der Waals surface area contributed by atoms with Gasteiger partial charge in [0.1, 0.15) is 23.7 Å². The lowest BCUT2D eigenvalue weighted by Gasteiger charge is -2.21. The zero-order valence-electron chi connectivity index (χ0n) is 14.7. The molecule has 0 aliphatic rings. The lowest BCUT2D eigenvalue weighted by atomic mass is 10.0. The molecule has 8 nitrogen and oxygen atoms in total. The average Bonchev–Trinajstić information content (AvgIpc) is 3.01. The van der Waals surface area contributed by atoms with Crippen molar-refractivity contribution in [2.75, 3.05) is 0 Å². The van der Waals surface area contributed by atoms with Crippen LogP contribution >= 0.6 is 0 Å². The van der Waals surface area contributed by atoms with Gasteiger partial charge in [0.25, 0.3) is 0 Å². The molecule has 1 aromatic heterocycles. The molecule has 1 aromatic carbocycles. The van der Waals surface area contributed by atoms with Crippen LogP contribution in [-0.2, 0) is 16.0 Å². The van der Waals surface area contributed by atoms with E-state index in [1.807, 2.05) is 6.92 Å². The van der Waals surface area contributed by atoms with Crippen LogP contribution in [0.3, 0.4) is 0 Å². The SMILES string of the molecule is CCCC[C@H](NC(=O)C(Cc1cccc(F)c1)n1nnnc1C)C(=O)O. The van der Waals surface area contributed by atoms with Crippen LogP contribution in [0.1, 0.15) is 43.6 Å². The van der Waals surface area contributed by atoms with Gasteiger partial charge in [0, 0.05) is 6.42 Å². The second-order valence-corrected chi connectivity index (χ2v) is 6.06. The van der Waals surface area contributed by atoms with E-state index in [-0.39, 0.29) is 6.42 Å². The van der Waals surface area contributed by atoms with E-state index in [1.54, 1.807) is 19.1 Å². The summed E-state index contributed by atoms with van der Waals surface area (Å²) in [4.78, 5) is 24.2. The number of aryl methyl sites for hydroxylation is 1. The number of aliphatic carboxylic acids is 1. The van der Waals surface area contributed by atoms with Crippen LogP contribution in [0.5, 0.6) is 0 Å². The van der Waals surface area contributed by atoms with E-state index in [0.29, 0.717) is 24.2 Å². The molecule has 0 bridgehead atoms. The summed E-state index contributed by atoms with van der Waals surface area (Å²) in [6.45, 7) is 3.58. The highest BCUT2D eigenvalue weighted by Gasteiger charge is 2.28. The molecule has 0 aliphatic heterocycles. The van der Waals surface area contributed by atoms with Gasteiger partial charge >= 0.3 is 5.97 Å². The van der Waals surface area contributed by atoms with Crippen LogP contribution in [-0.4, -0.2) is 43.2 Å². The maximum absolute atomic E-state index is 13.5. The number of benzene rings is 1. The molecule has 0 saturated heterocycles. The Balaban J connectivity index is 2.24. The Morgan fingerprint density at radius 2 is 2.15 bits per heavy atom. The van der Waals surface area contributed by atoms with Gasteiger partial charge in [0.05, 0.1) is 0 Å².